The maximum Gasteiger partial charge on any atom is 0.295 e. The van der Waals surface area contributed by atoms with Crippen molar-refractivity contribution in [2.75, 3.05) is 39.8 Å². The van der Waals surface area contributed by atoms with E-state index in [1.165, 1.54) is 11.1 Å². The van der Waals surface area contributed by atoms with E-state index in [0.29, 0.717) is 19.6 Å². The van der Waals surface area contributed by atoms with Crippen LogP contribution in [0.3, 0.4) is 0 Å². The molecule has 2 fully saturated rings. The SMILES string of the molecule is CN1CCN2CCN(C(=O)C(=O)c3cccnc3)C[C@H]2C1=O. The monoisotopic (exact) mass is 302 g/mol. The molecular formula is C15H18N4O3. The van der Waals surface area contributed by atoms with Crippen LogP contribution in [0.2, 0.25) is 0 Å². The molecule has 2 saturated heterocycles. The first-order valence-corrected chi connectivity index (χ1v) is 7.30. The van der Waals surface area contributed by atoms with Gasteiger partial charge in [0.15, 0.2) is 0 Å². The summed E-state index contributed by atoms with van der Waals surface area (Å²) in [5, 5.41) is 0. The van der Waals surface area contributed by atoms with Crippen LogP contribution in [0.15, 0.2) is 24.5 Å². The van der Waals surface area contributed by atoms with Crippen LogP contribution in [0.4, 0.5) is 0 Å². The molecule has 1 aromatic rings. The van der Waals surface area contributed by atoms with Gasteiger partial charge in [0.2, 0.25) is 5.91 Å². The number of piperazine rings is 2. The van der Waals surface area contributed by atoms with E-state index in [2.05, 4.69) is 9.88 Å². The minimum absolute atomic E-state index is 0.0116. The molecule has 2 amide bonds. The number of rotatable bonds is 2. The van der Waals surface area contributed by atoms with Gasteiger partial charge in [-0.1, -0.05) is 0 Å². The van der Waals surface area contributed by atoms with E-state index < -0.39 is 11.7 Å². The van der Waals surface area contributed by atoms with Crippen LogP contribution in [0, 0.1) is 0 Å². The van der Waals surface area contributed by atoms with Gasteiger partial charge in [-0.2, -0.15) is 0 Å². The number of fused-ring (bicyclic) bond motifs is 1. The fourth-order valence-corrected chi connectivity index (χ4v) is 2.91. The summed E-state index contributed by atoms with van der Waals surface area (Å²) in [7, 11) is 1.77. The van der Waals surface area contributed by atoms with Gasteiger partial charge in [0.25, 0.3) is 11.7 Å². The number of carbonyl (C=O) groups is 3. The topological polar surface area (TPSA) is 73.8 Å². The smallest absolute Gasteiger partial charge is 0.295 e. The average molecular weight is 302 g/mol. The molecule has 116 valence electrons. The third kappa shape index (κ3) is 2.59. The predicted molar refractivity (Wildman–Crippen MR) is 78.1 cm³/mol. The zero-order valence-electron chi connectivity index (χ0n) is 12.4. The van der Waals surface area contributed by atoms with Gasteiger partial charge in [-0.25, -0.2) is 0 Å². The fraction of sp³-hybridized carbons (Fsp3) is 0.467. The van der Waals surface area contributed by atoms with Crippen LogP contribution in [0.5, 0.6) is 0 Å². The molecule has 7 heteroatoms. The van der Waals surface area contributed by atoms with Gasteiger partial charge in [-0.05, 0) is 12.1 Å². The number of carbonyl (C=O) groups excluding carboxylic acids is 3. The minimum atomic E-state index is -0.571. The summed E-state index contributed by atoms with van der Waals surface area (Å²) in [5.74, 6) is -1.12. The Balaban J connectivity index is 1.72. The Kier molecular flexibility index (Phi) is 3.89. The summed E-state index contributed by atoms with van der Waals surface area (Å²) >= 11 is 0. The first-order chi connectivity index (χ1) is 10.6. The lowest BCUT2D eigenvalue weighted by Crippen LogP contribution is -2.65. The third-order valence-corrected chi connectivity index (χ3v) is 4.28. The van der Waals surface area contributed by atoms with E-state index in [0.717, 1.165) is 6.54 Å². The molecule has 1 atom stereocenters. The summed E-state index contributed by atoms with van der Waals surface area (Å²) < 4.78 is 0. The van der Waals surface area contributed by atoms with Gasteiger partial charge in [-0.15, -0.1) is 0 Å². The van der Waals surface area contributed by atoms with Crippen LogP contribution < -0.4 is 0 Å². The largest absolute Gasteiger partial charge is 0.343 e. The molecule has 0 saturated carbocycles. The number of pyridine rings is 1. The highest BCUT2D eigenvalue weighted by atomic mass is 16.2. The summed E-state index contributed by atoms with van der Waals surface area (Å²) in [4.78, 5) is 45.9. The van der Waals surface area contributed by atoms with E-state index in [-0.39, 0.29) is 24.1 Å². The number of hydrogen-bond donors (Lipinski definition) is 0. The second-order valence-corrected chi connectivity index (χ2v) is 5.63. The molecule has 3 rings (SSSR count). The van der Waals surface area contributed by atoms with E-state index >= 15 is 0 Å². The quantitative estimate of drug-likeness (QED) is 0.531. The fourth-order valence-electron chi connectivity index (χ4n) is 2.91. The van der Waals surface area contributed by atoms with Gasteiger partial charge in [0.1, 0.15) is 6.04 Å². The van der Waals surface area contributed by atoms with Crippen molar-refractivity contribution in [3.63, 3.8) is 0 Å². The van der Waals surface area contributed by atoms with Crippen LogP contribution >= 0.6 is 0 Å². The van der Waals surface area contributed by atoms with Crippen LogP contribution in [0.1, 0.15) is 10.4 Å². The Hall–Kier alpha value is -2.28. The number of nitrogens with zero attached hydrogens (tertiary/aromatic N) is 4. The zero-order valence-corrected chi connectivity index (χ0v) is 12.4. The molecule has 1 aromatic heterocycles. The van der Waals surface area contributed by atoms with Gasteiger partial charge in [-0.3, -0.25) is 24.3 Å². The molecule has 0 unspecified atom stereocenters. The molecule has 7 nitrogen and oxygen atoms in total. The molecule has 0 bridgehead atoms. The van der Waals surface area contributed by atoms with Gasteiger partial charge >= 0.3 is 0 Å². The van der Waals surface area contributed by atoms with Crippen molar-refractivity contribution in [3.8, 4) is 0 Å². The lowest BCUT2D eigenvalue weighted by Gasteiger charge is -2.45. The first kappa shape index (κ1) is 14.6. The summed E-state index contributed by atoms with van der Waals surface area (Å²) in [6.07, 6.45) is 2.94. The Labute approximate surface area is 128 Å². The van der Waals surface area contributed by atoms with Crippen LogP contribution in [-0.2, 0) is 9.59 Å². The van der Waals surface area contributed by atoms with Gasteiger partial charge < -0.3 is 9.80 Å². The van der Waals surface area contributed by atoms with E-state index in [4.69, 9.17) is 0 Å². The summed E-state index contributed by atoms with van der Waals surface area (Å²) in [6.45, 7) is 2.88. The molecule has 0 aliphatic carbocycles. The molecular weight excluding hydrogens is 284 g/mol. The van der Waals surface area contributed by atoms with Crippen LogP contribution in [-0.4, -0.2) is 83.1 Å². The third-order valence-electron chi connectivity index (χ3n) is 4.28. The predicted octanol–water partition coefficient (Wildman–Crippen LogP) is -0.751. The zero-order chi connectivity index (χ0) is 15.7. The number of hydrogen-bond acceptors (Lipinski definition) is 5. The Morgan fingerprint density at radius 2 is 2.00 bits per heavy atom. The highest BCUT2D eigenvalue weighted by Crippen LogP contribution is 2.17. The average Bonchev–Trinajstić information content (AvgIpc) is 2.57. The highest BCUT2D eigenvalue weighted by Gasteiger charge is 2.39. The second kappa shape index (κ2) is 5.84. The minimum Gasteiger partial charge on any atom is -0.343 e. The lowest BCUT2D eigenvalue weighted by molar-refractivity contribution is -0.146. The van der Waals surface area contributed by atoms with E-state index in [1.54, 1.807) is 30.3 Å². The highest BCUT2D eigenvalue weighted by molar-refractivity contribution is 6.42. The first-order valence-electron chi connectivity index (χ1n) is 7.30. The summed E-state index contributed by atoms with van der Waals surface area (Å²) in [5.41, 5.74) is 0.280. The lowest BCUT2D eigenvalue weighted by atomic mass is 10.1. The number of likely N-dealkylation sites (N-methyl/N-ethyl adjacent to an activating group) is 1. The van der Waals surface area contributed by atoms with Crippen molar-refractivity contribution >= 4 is 17.6 Å². The number of aromatic nitrogens is 1. The Bertz CT molecular complexity index is 604. The second-order valence-electron chi connectivity index (χ2n) is 5.63. The molecule has 0 aromatic carbocycles. The number of amides is 2. The Morgan fingerprint density at radius 3 is 2.73 bits per heavy atom. The number of Topliss-reactive ketones (excluding diaryl/α,β-unsaturated/α-hetero) is 1. The van der Waals surface area contributed by atoms with Crippen molar-refractivity contribution in [2.45, 2.75) is 6.04 Å². The maximum atomic E-state index is 12.4. The van der Waals surface area contributed by atoms with Crippen molar-refractivity contribution in [1.29, 1.82) is 0 Å². The Morgan fingerprint density at radius 1 is 1.23 bits per heavy atom. The summed E-state index contributed by atoms with van der Waals surface area (Å²) in [6, 6.07) is 2.86. The molecule has 0 spiro atoms. The maximum absolute atomic E-state index is 12.4. The van der Waals surface area contributed by atoms with Gasteiger partial charge in [0, 0.05) is 57.7 Å². The molecule has 3 heterocycles. The van der Waals surface area contributed by atoms with Crippen LogP contribution in [0.25, 0.3) is 0 Å². The van der Waals surface area contributed by atoms with E-state index in [9.17, 15) is 14.4 Å². The molecule has 0 N–H and O–H groups in total. The van der Waals surface area contributed by atoms with Crippen molar-refractivity contribution < 1.29 is 14.4 Å². The van der Waals surface area contributed by atoms with E-state index in [1.807, 2.05) is 0 Å². The molecule has 22 heavy (non-hydrogen) atoms. The normalized spacial score (nSPS) is 22.4. The van der Waals surface area contributed by atoms with Crippen molar-refractivity contribution in [2.24, 2.45) is 0 Å². The van der Waals surface area contributed by atoms with Crippen molar-refractivity contribution in [3.05, 3.63) is 30.1 Å². The number of ketones is 1. The molecule has 0 radical (unpaired) electrons. The molecule has 2 aliphatic rings. The molecule has 2 aliphatic heterocycles. The standard InChI is InChI=1S/C15H18N4O3/c1-17-5-6-18-7-8-19(10-12(18)14(17)21)15(22)13(20)11-3-2-4-16-9-11/h2-4,9,12H,5-8,10H2,1H3/t12-/m0/s1. The van der Waals surface area contributed by atoms with Crippen molar-refractivity contribution in [1.82, 2.24) is 19.7 Å². The van der Waals surface area contributed by atoms with Gasteiger partial charge in [0.05, 0.1) is 0 Å².